The van der Waals surface area contributed by atoms with E-state index in [0.29, 0.717) is 12.2 Å². The first-order valence-corrected chi connectivity index (χ1v) is 6.29. The molecule has 0 heterocycles. The van der Waals surface area contributed by atoms with Gasteiger partial charge in [-0.15, -0.1) is 0 Å². The Kier molecular flexibility index (Phi) is 4.52. The lowest BCUT2D eigenvalue weighted by molar-refractivity contribution is -0.384. The third-order valence-corrected chi connectivity index (χ3v) is 2.86. The summed E-state index contributed by atoms with van der Waals surface area (Å²) in [5.74, 6) is -0.667. The number of nitrogens with one attached hydrogen (secondary N) is 2. The van der Waals surface area contributed by atoms with E-state index in [9.17, 15) is 19.3 Å². The molecule has 0 spiro atoms. The minimum atomic E-state index is -0.667. The molecule has 0 aliphatic rings. The van der Waals surface area contributed by atoms with Crippen molar-refractivity contribution < 1.29 is 14.1 Å². The average molecular weight is 304 g/mol. The normalized spacial score (nSPS) is 10.0. The van der Waals surface area contributed by atoms with Crippen molar-refractivity contribution in [1.82, 2.24) is 0 Å². The van der Waals surface area contributed by atoms with Gasteiger partial charge in [0.1, 0.15) is 11.5 Å². The molecule has 8 heteroatoms. The molecule has 2 aromatic rings. The molecule has 0 fully saturated rings. The Balaban J connectivity index is 2.07. The third-order valence-electron chi connectivity index (χ3n) is 2.86. The van der Waals surface area contributed by atoms with Crippen LogP contribution in [-0.2, 0) is 6.54 Å². The van der Waals surface area contributed by atoms with Gasteiger partial charge in [-0.1, -0.05) is 12.1 Å². The van der Waals surface area contributed by atoms with Crippen LogP contribution in [0.4, 0.5) is 26.2 Å². The van der Waals surface area contributed by atoms with E-state index < -0.39 is 16.8 Å². The van der Waals surface area contributed by atoms with Crippen molar-refractivity contribution in [3.05, 3.63) is 64.0 Å². The summed E-state index contributed by atoms with van der Waals surface area (Å²) in [4.78, 5) is 20.9. The number of nitro groups is 1. The smallest absolute Gasteiger partial charge is 0.316 e. The van der Waals surface area contributed by atoms with E-state index in [4.69, 9.17) is 5.73 Å². The lowest BCUT2D eigenvalue weighted by atomic mass is 10.2. The number of hydrogen-bond acceptors (Lipinski definition) is 4. The van der Waals surface area contributed by atoms with Crippen LogP contribution in [0.1, 0.15) is 5.56 Å². The molecule has 0 unspecified atom stereocenters. The second kappa shape index (κ2) is 6.53. The van der Waals surface area contributed by atoms with E-state index in [1.54, 1.807) is 24.3 Å². The van der Waals surface area contributed by atoms with Gasteiger partial charge in [0.25, 0.3) is 5.69 Å². The molecule has 7 nitrogen and oxygen atoms in total. The second-order valence-electron chi connectivity index (χ2n) is 4.46. The average Bonchev–Trinajstić information content (AvgIpc) is 2.46. The van der Waals surface area contributed by atoms with Crippen LogP contribution in [-0.4, -0.2) is 11.0 Å². The van der Waals surface area contributed by atoms with Gasteiger partial charge in [-0.25, -0.2) is 9.18 Å². The molecule has 0 aliphatic carbocycles. The molecule has 22 heavy (non-hydrogen) atoms. The van der Waals surface area contributed by atoms with Gasteiger partial charge in [-0.05, 0) is 29.8 Å². The number of carbonyl (C=O) groups is 1. The van der Waals surface area contributed by atoms with Crippen LogP contribution in [0.25, 0.3) is 0 Å². The second-order valence-corrected chi connectivity index (χ2v) is 4.46. The van der Waals surface area contributed by atoms with Crippen molar-refractivity contribution >= 4 is 23.1 Å². The molecular weight excluding hydrogens is 291 g/mol. The number of rotatable bonds is 5. The Morgan fingerprint density at radius 3 is 2.50 bits per heavy atom. The first kappa shape index (κ1) is 15.2. The number of urea groups is 1. The molecule has 0 aliphatic heterocycles. The highest BCUT2D eigenvalue weighted by Crippen LogP contribution is 2.25. The molecule has 2 amide bonds. The first-order chi connectivity index (χ1) is 10.5. The van der Waals surface area contributed by atoms with Gasteiger partial charge < -0.3 is 16.4 Å². The predicted molar refractivity (Wildman–Crippen MR) is 80.0 cm³/mol. The monoisotopic (exact) mass is 304 g/mol. The number of nitrogens with zero attached hydrogens (tertiary/aromatic N) is 1. The maximum Gasteiger partial charge on any atom is 0.316 e. The molecule has 0 saturated heterocycles. The van der Waals surface area contributed by atoms with E-state index in [1.165, 1.54) is 6.07 Å². The van der Waals surface area contributed by atoms with Crippen LogP contribution < -0.4 is 16.4 Å². The highest BCUT2D eigenvalue weighted by Gasteiger charge is 2.14. The Labute approximate surface area is 125 Å². The molecule has 0 bridgehead atoms. The van der Waals surface area contributed by atoms with Gasteiger partial charge in [0, 0.05) is 12.2 Å². The van der Waals surface area contributed by atoms with Crippen molar-refractivity contribution in [2.75, 3.05) is 10.6 Å². The first-order valence-electron chi connectivity index (χ1n) is 6.29. The van der Waals surface area contributed by atoms with Gasteiger partial charge in [-0.3, -0.25) is 10.1 Å². The van der Waals surface area contributed by atoms with Gasteiger partial charge in [-0.2, -0.15) is 0 Å². The highest BCUT2D eigenvalue weighted by atomic mass is 19.1. The fourth-order valence-corrected chi connectivity index (χ4v) is 1.85. The van der Waals surface area contributed by atoms with Crippen LogP contribution in [0.2, 0.25) is 0 Å². The summed E-state index contributed by atoms with van der Waals surface area (Å²) >= 11 is 0. The summed E-state index contributed by atoms with van der Waals surface area (Å²) in [7, 11) is 0. The Morgan fingerprint density at radius 1 is 1.23 bits per heavy atom. The largest absolute Gasteiger partial charge is 0.375 e. The number of benzene rings is 2. The molecule has 0 radical (unpaired) electrons. The van der Waals surface area contributed by atoms with Crippen molar-refractivity contribution in [2.24, 2.45) is 5.73 Å². The fourth-order valence-electron chi connectivity index (χ4n) is 1.85. The van der Waals surface area contributed by atoms with E-state index in [0.717, 1.165) is 17.7 Å². The lowest BCUT2D eigenvalue weighted by Gasteiger charge is -2.08. The fraction of sp³-hybridized carbons (Fsp3) is 0.0714. The van der Waals surface area contributed by atoms with Gasteiger partial charge >= 0.3 is 6.03 Å². The summed E-state index contributed by atoms with van der Waals surface area (Å²) in [6.07, 6.45) is 0. The molecule has 2 rings (SSSR count). The Hall–Kier alpha value is -3.16. The summed E-state index contributed by atoms with van der Waals surface area (Å²) < 4.78 is 13.0. The molecule has 2 aromatic carbocycles. The van der Waals surface area contributed by atoms with Gasteiger partial charge in [0.05, 0.1) is 11.0 Å². The van der Waals surface area contributed by atoms with Crippen LogP contribution in [0, 0.1) is 15.9 Å². The van der Waals surface area contributed by atoms with E-state index in [2.05, 4.69) is 10.6 Å². The molecule has 0 saturated carbocycles. The number of nitrogens with two attached hydrogens (primary N) is 1. The van der Waals surface area contributed by atoms with Gasteiger partial charge in [0.2, 0.25) is 0 Å². The standard InChI is InChI=1S/C14H13FN4O3/c15-10-3-6-12(13(7-10)19(21)22)17-8-9-1-4-11(5-2-9)18-14(16)20/h1-7,17H,8H2,(H3,16,18,20). The number of halogens is 1. The molecular formula is C14H13FN4O3. The maximum atomic E-state index is 13.0. The van der Waals surface area contributed by atoms with Crippen LogP contribution in [0.3, 0.4) is 0 Å². The topological polar surface area (TPSA) is 110 Å². The van der Waals surface area contributed by atoms with E-state index >= 15 is 0 Å². The zero-order chi connectivity index (χ0) is 16.1. The van der Waals surface area contributed by atoms with Crippen molar-refractivity contribution in [3.63, 3.8) is 0 Å². The van der Waals surface area contributed by atoms with Crippen molar-refractivity contribution in [3.8, 4) is 0 Å². The summed E-state index contributed by atoms with van der Waals surface area (Å²) in [6.45, 7) is 0.309. The number of carbonyl (C=O) groups excluding carboxylic acids is 1. The van der Waals surface area contributed by atoms with Crippen molar-refractivity contribution in [2.45, 2.75) is 6.54 Å². The number of primary amides is 1. The Morgan fingerprint density at radius 2 is 1.91 bits per heavy atom. The summed E-state index contributed by atoms with van der Waals surface area (Å²) in [6, 6.07) is 9.43. The zero-order valence-electron chi connectivity index (χ0n) is 11.4. The minimum absolute atomic E-state index is 0.228. The number of hydrogen-bond donors (Lipinski definition) is 3. The number of nitro benzene ring substituents is 1. The Bertz CT molecular complexity index is 704. The summed E-state index contributed by atoms with van der Waals surface area (Å²) in [5.41, 5.74) is 6.27. The SMILES string of the molecule is NC(=O)Nc1ccc(CNc2ccc(F)cc2[N+](=O)[O-])cc1. The molecule has 0 aromatic heterocycles. The molecule has 4 N–H and O–H groups in total. The van der Waals surface area contributed by atoms with Crippen LogP contribution in [0.5, 0.6) is 0 Å². The molecule has 0 atom stereocenters. The molecule has 114 valence electrons. The predicted octanol–water partition coefficient (Wildman–Crippen LogP) is 2.84. The summed E-state index contributed by atoms with van der Waals surface area (Å²) in [5, 5.41) is 16.2. The third kappa shape index (κ3) is 3.92. The highest BCUT2D eigenvalue weighted by molar-refractivity contribution is 5.87. The van der Waals surface area contributed by atoms with Crippen molar-refractivity contribution in [1.29, 1.82) is 0 Å². The van der Waals surface area contributed by atoms with Crippen LogP contribution >= 0.6 is 0 Å². The van der Waals surface area contributed by atoms with E-state index in [-0.39, 0.29) is 11.4 Å². The van der Waals surface area contributed by atoms with Gasteiger partial charge in [0.15, 0.2) is 0 Å². The van der Waals surface area contributed by atoms with E-state index in [1.807, 2.05) is 0 Å². The minimum Gasteiger partial charge on any atom is -0.375 e. The van der Waals surface area contributed by atoms with Crippen LogP contribution in [0.15, 0.2) is 42.5 Å². The number of amides is 2. The maximum absolute atomic E-state index is 13.0. The zero-order valence-corrected chi connectivity index (χ0v) is 11.4. The lowest BCUT2D eigenvalue weighted by Crippen LogP contribution is -2.19. The number of anilines is 2. The quantitative estimate of drug-likeness (QED) is 0.582.